The highest BCUT2D eigenvalue weighted by Crippen LogP contribution is 2.35. The van der Waals surface area contributed by atoms with Crippen LogP contribution >= 0.6 is 0 Å². The molecule has 0 radical (unpaired) electrons. The molecule has 1 N–H and O–H groups in total. The number of carbonyl (C=O) groups excluding carboxylic acids is 3. The first-order valence-electron chi connectivity index (χ1n) is 12.7. The Labute approximate surface area is 206 Å². The molecule has 1 aromatic carbocycles. The summed E-state index contributed by atoms with van der Waals surface area (Å²) >= 11 is 0. The number of ether oxygens (including phenoxy) is 1. The summed E-state index contributed by atoms with van der Waals surface area (Å²) in [5.74, 6) is 0.296. The van der Waals surface area contributed by atoms with E-state index >= 15 is 0 Å². The molecule has 3 heterocycles. The Balaban J connectivity index is 1.39. The van der Waals surface area contributed by atoms with E-state index in [-0.39, 0.29) is 42.1 Å². The fraction of sp³-hybridized carbons (Fsp3) is 0.500. The third kappa shape index (κ3) is 4.74. The molecule has 0 spiro atoms. The first-order chi connectivity index (χ1) is 16.9. The summed E-state index contributed by atoms with van der Waals surface area (Å²) in [5.41, 5.74) is 2.32. The lowest BCUT2D eigenvalue weighted by Gasteiger charge is -2.35. The topological polar surface area (TPSA) is 88.6 Å². The highest BCUT2D eigenvalue weighted by atomic mass is 16.5. The third-order valence-electron chi connectivity index (χ3n) is 7.93. The lowest BCUT2D eigenvalue weighted by Crippen LogP contribution is -2.55. The Kier molecular flexibility index (Phi) is 6.69. The van der Waals surface area contributed by atoms with Gasteiger partial charge >= 0.3 is 0 Å². The van der Waals surface area contributed by atoms with Crippen LogP contribution in [0.2, 0.25) is 0 Å². The normalized spacial score (nSPS) is 29.0. The molecule has 2 aliphatic heterocycles. The number of benzene rings is 1. The van der Waals surface area contributed by atoms with Crippen LogP contribution in [0.5, 0.6) is 0 Å². The second kappa shape index (κ2) is 9.90. The Morgan fingerprint density at radius 1 is 1.09 bits per heavy atom. The summed E-state index contributed by atoms with van der Waals surface area (Å²) in [5, 5.41) is 3.08. The fourth-order valence-electron chi connectivity index (χ4n) is 5.90. The van der Waals surface area contributed by atoms with Gasteiger partial charge in [-0.1, -0.05) is 44.9 Å². The van der Waals surface area contributed by atoms with Crippen LogP contribution < -0.4 is 5.32 Å². The summed E-state index contributed by atoms with van der Waals surface area (Å²) in [6.45, 7) is 4.79. The summed E-state index contributed by atoms with van der Waals surface area (Å²) in [6.07, 6.45) is 7.07. The van der Waals surface area contributed by atoms with E-state index < -0.39 is 12.1 Å². The van der Waals surface area contributed by atoms with Gasteiger partial charge in [0.2, 0.25) is 5.91 Å². The maximum atomic E-state index is 13.9. The zero-order valence-electron chi connectivity index (χ0n) is 20.4. The Hall–Kier alpha value is -3.06. The molecule has 1 saturated carbocycles. The standard InChI is InChI=1S/C28H33N3O4/c1-17-8-10-19(11-9-17)24(28(34)31-15-18(2)26-25(31)23(32)16-35-26)30-27(33)21-6-3-5-20(13-21)22-7-4-12-29-14-22/h3-7,12-14,17-19,24-26H,8-11,15-16H2,1-2H3,(H,30,33)/t17-,18-,19-,24?,25+,26+/m0/s1. The summed E-state index contributed by atoms with van der Waals surface area (Å²) in [6, 6.07) is 10.0. The van der Waals surface area contributed by atoms with E-state index in [9.17, 15) is 14.4 Å². The number of fused-ring (bicyclic) bond motifs is 1. The summed E-state index contributed by atoms with van der Waals surface area (Å²) < 4.78 is 5.69. The van der Waals surface area contributed by atoms with Crippen LogP contribution in [0, 0.1) is 17.8 Å². The predicted molar refractivity (Wildman–Crippen MR) is 131 cm³/mol. The van der Waals surface area contributed by atoms with Crippen molar-refractivity contribution in [3.05, 3.63) is 54.4 Å². The first-order valence-corrected chi connectivity index (χ1v) is 12.7. The van der Waals surface area contributed by atoms with Crippen molar-refractivity contribution < 1.29 is 19.1 Å². The molecule has 1 unspecified atom stereocenters. The maximum absolute atomic E-state index is 13.9. The fourth-order valence-corrected chi connectivity index (χ4v) is 5.90. The minimum atomic E-state index is -0.656. The number of hydrogen-bond donors (Lipinski definition) is 1. The van der Waals surface area contributed by atoms with E-state index in [4.69, 9.17) is 4.74 Å². The Bertz CT molecular complexity index is 1100. The number of hydrogen-bond acceptors (Lipinski definition) is 5. The van der Waals surface area contributed by atoms with Crippen LogP contribution in [0.15, 0.2) is 48.8 Å². The van der Waals surface area contributed by atoms with Crippen molar-refractivity contribution in [2.24, 2.45) is 17.8 Å². The van der Waals surface area contributed by atoms with Gasteiger partial charge in [-0.3, -0.25) is 19.4 Å². The number of pyridine rings is 1. The SMILES string of the molecule is C[C@H]1CN(C(=O)C(NC(=O)c2cccc(-c3cccnc3)c2)[C@H]2CC[C@H](C)CC2)[C@@H]2C(=O)CO[C@@H]21. The number of Topliss-reactive ketones (excluding diaryl/α,β-unsaturated/α-hetero) is 1. The van der Waals surface area contributed by atoms with E-state index in [1.807, 2.05) is 37.3 Å². The van der Waals surface area contributed by atoms with Crippen molar-refractivity contribution in [3.63, 3.8) is 0 Å². The summed E-state index contributed by atoms with van der Waals surface area (Å²) in [4.78, 5) is 45.8. The van der Waals surface area contributed by atoms with Crippen molar-refractivity contribution in [3.8, 4) is 11.1 Å². The van der Waals surface area contributed by atoms with Gasteiger partial charge in [-0.25, -0.2) is 0 Å². The largest absolute Gasteiger partial charge is 0.367 e. The number of rotatable bonds is 5. The van der Waals surface area contributed by atoms with E-state index in [1.165, 1.54) is 0 Å². The highest BCUT2D eigenvalue weighted by molar-refractivity contribution is 6.00. The molecular formula is C28H33N3O4. The number of carbonyl (C=O) groups is 3. The third-order valence-corrected chi connectivity index (χ3v) is 7.93. The number of ketones is 1. The van der Waals surface area contributed by atoms with E-state index in [0.717, 1.165) is 36.8 Å². The average molecular weight is 476 g/mol. The van der Waals surface area contributed by atoms with E-state index in [1.54, 1.807) is 23.4 Å². The molecule has 1 aromatic heterocycles. The zero-order chi connectivity index (χ0) is 24.5. The average Bonchev–Trinajstić information content (AvgIpc) is 3.43. The molecule has 2 aromatic rings. The van der Waals surface area contributed by atoms with Crippen molar-refractivity contribution in [2.75, 3.05) is 13.2 Å². The Morgan fingerprint density at radius 2 is 1.86 bits per heavy atom. The second-order valence-electron chi connectivity index (χ2n) is 10.4. The molecule has 3 aliphatic rings. The molecule has 2 saturated heterocycles. The Morgan fingerprint density at radius 3 is 2.60 bits per heavy atom. The van der Waals surface area contributed by atoms with Crippen molar-refractivity contribution in [1.29, 1.82) is 0 Å². The maximum Gasteiger partial charge on any atom is 0.251 e. The van der Waals surface area contributed by atoms with Crippen LogP contribution in [0.4, 0.5) is 0 Å². The monoisotopic (exact) mass is 475 g/mol. The second-order valence-corrected chi connectivity index (χ2v) is 10.4. The van der Waals surface area contributed by atoms with Gasteiger partial charge in [-0.05, 0) is 48.4 Å². The van der Waals surface area contributed by atoms with Gasteiger partial charge in [-0.2, -0.15) is 0 Å². The van der Waals surface area contributed by atoms with Crippen LogP contribution in [-0.2, 0) is 14.3 Å². The molecular weight excluding hydrogens is 442 g/mol. The molecule has 3 fully saturated rings. The molecule has 2 amide bonds. The first kappa shape index (κ1) is 23.7. The van der Waals surface area contributed by atoms with Gasteiger partial charge in [-0.15, -0.1) is 0 Å². The number of likely N-dealkylation sites (tertiary alicyclic amines) is 1. The lowest BCUT2D eigenvalue weighted by atomic mass is 9.78. The van der Waals surface area contributed by atoms with Gasteiger partial charge in [0.25, 0.3) is 5.91 Å². The zero-order valence-corrected chi connectivity index (χ0v) is 20.4. The predicted octanol–water partition coefficient (Wildman–Crippen LogP) is 3.49. The molecule has 1 aliphatic carbocycles. The minimum Gasteiger partial charge on any atom is -0.367 e. The number of nitrogens with zero attached hydrogens (tertiary/aromatic N) is 2. The van der Waals surface area contributed by atoms with Crippen molar-refractivity contribution in [1.82, 2.24) is 15.2 Å². The van der Waals surface area contributed by atoms with Crippen LogP contribution in [0.3, 0.4) is 0 Å². The molecule has 7 heteroatoms. The van der Waals surface area contributed by atoms with E-state index in [0.29, 0.717) is 18.0 Å². The smallest absolute Gasteiger partial charge is 0.251 e. The molecule has 7 nitrogen and oxygen atoms in total. The highest BCUT2D eigenvalue weighted by Gasteiger charge is 2.52. The quantitative estimate of drug-likeness (QED) is 0.715. The van der Waals surface area contributed by atoms with Gasteiger partial charge < -0.3 is 15.0 Å². The lowest BCUT2D eigenvalue weighted by molar-refractivity contribution is -0.139. The van der Waals surface area contributed by atoms with Crippen LogP contribution in [-0.4, -0.2) is 58.8 Å². The molecule has 4 atom stereocenters. The molecule has 5 rings (SSSR count). The van der Waals surface area contributed by atoms with E-state index in [2.05, 4.69) is 17.2 Å². The van der Waals surface area contributed by atoms with Gasteiger partial charge in [0.15, 0.2) is 5.78 Å². The number of amides is 2. The number of nitrogens with one attached hydrogen (secondary N) is 1. The van der Waals surface area contributed by atoms with Crippen LogP contribution in [0.25, 0.3) is 11.1 Å². The van der Waals surface area contributed by atoms with Crippen molar-refractivity contribution in [2.45, 2.75) is 57.7 Å². The van der Waals surface area contributed by atoms with Gasteiger partial charge in [0.1, 0.15) is 18.7 Å². The molecule has 0 bridgehead atoms. The number of aromatic nitrogens is 1. The summed E-state index contributed by atoms with van der Waals surface area (Å²) in [7, 11) is 0. The molecule has 35 heavy (non-hydrogen) atoms. The minimum absolute atomic E-state index is 0.0424. The molecule has 184 valence electrons. The van der Waals surface area contributed by atoms with Gasteiger partial charge in [0.05, 0.1) is 6.10 Å². The van der Waals surface area contributed by atoms with Crippen LogP contribution in [0.1, 0.15) is 49.9 Å². The van der Waals surface area contributed by atoms with Crippen molar-refractivity contribution >= 4 is 17.6 Å². The van der Waals surface area contributed by atoms with Gasteiger partial charge in [0, 0.05) is 36.0 Å².